The number of rotatable bonds is 8. The number of methoxy groups -OCH3 is 1. The maximum absolute atomic E-state index is 13.2. The van der Waals surface area contributed by atoms with E-state index in [1.807, 2.05) is 13.0 Å². The zero-order valence-electron chi connectivity index (χ0n) is 22.7. The summed E-state index contributed by atoms with van der Waals surface area (Å²) in [5.74, 6) is 0.721. The van der Waals surface area contributed by atoms with E-state index >= 15 is 0 Å². The number of anilines is 3. The second-order valence-corrected chi connectivity index (χ2v) is 10.4. The Labute approximate surface area is 227 Å². The quantitative estimate of drug-likeness (QED) is 0.406. The number of nitrogens with one attached hydrogen (secondary N) is 1. The van der Waals surface area contributed by atoms with E-state index in [9.17, 15) is 15.2 Å². The van der Waals surface area contributed by atoms with Gasteiger partial charge in [0.1, 0.15) is 17.4 Å². The zero-order chi connectivity index (χ0) is 28.2. The lowest BCUT2D eigenvalue weighted by Crippen LogP contribution is -2.41. The van der Waals surface area contributed by atoms with Crippen LogP contribution in [0.4, 0.5) is 22.1 Å². The minimum atomic E-state index is -0.711. The van der Waals surface area contributed by atoms with E-state index in [-0.39, 0.29) is 26.4 Å². The molecule has 0 spiro atoms. The van der Waals surface area contributed by atoms with Crippen LogP contribution in [-0.4, -0.2) is 65.2 Å². The fraction of sp³-hybridized carbons (Fsp3) is 0.393. The topological polar surface area (TPSA) is 143 Å². The molecule has 39 heavy (non-hydrogen) atoms. The van der Waals surface area contributed by atoms with Crippen molar-refractivity contribution in [2.24, 2.45) is 0 Å². The number of aliphatic hydroxyl groups is 1. The van der Waals surface area contributed by atoms with Gasteiger partial charge in [0.2, 0.25) is 11.8 Å². The van der Waals surface area contributed by atoms with Gasteiger partial charge in [-0.2, -0.15) is 5.26 Å². The molecule has 11 heteroatoms. The minimum Gasteiger partial charge on any atom is -0.480 e. The van der Waals surface area contributed by atoms with Crippen molar-refractivity contribution in [3.63, 3.8) is 0 Å². The Morgan fingerprint density at radius 3 is 2.74 bits per heavy atom. The number of fused-ring (bicyclic) bond motifs is 1. The smallest absolute Gasteiger partial charge is 0.414 e. The first-order valence-corrected chi connectivity index (χ1v) is 12.5. The van der Waals surface area contributed by atoms with Gasteiger partial charge < -0.3 is 24.6 Å². The van der Waals surface area contributed by atoms with Crippen LogP contribution in [-0.2, 0) is 14.9 Å². The van der Waals surface area contributed by atoms with E-state index in [1.54, 1.807) is 57.4 Å². The Balaban J connectivity index is 1.77. The van der Waals surface area contributed by atoms with E-state index < -0.39 is 17.1 Å². The van der Waals surface area contributed by atoms with Crippen molar-refractivity contribution in [3.8, 4) is 23.2 Å². The van der Waals surface area contributed by atoms with Crippen molar-refractivity contribution in [3.05, 3.63) is 53.9 Å². The molecule has 2 aromatic heterocycles. The molecule has 1 amide bonds. The maximum atomic E-state index is 13.2. The number of pyridine rings is 1. The Bertz CT molecular complexity index is 1400. The molecule has 1 atom stereocenters. The van der Waals surface area contributed by atoms with Crippen molar-refractivity contribution < 1.29 is 24.1 Å². The van der Waals surface area contributed by atoms with Gasteiger partial charge in [-0.1, -0.05) is 6.92 Å². The number of aromatic nitrogens is 3. The summed E-state index contributed by atoms with van der Waals surface area (Å²) in [5.41, 5.74) is 2.02. The van der Waals surface area contributed by atoms with Crippen molar-refractivity contribution >= 4 is 23.4 Å². The van der Waals surface area contributed by atoms with Gasteiger partial charge in [0.15, 0.2) is 0 Å². The Kier molecular flexibility index (Phi) is 7.99. The number of nitrogens with zero attached hydrogens (tertiary/aromatic N) is 5. The number of aliphatic hydroxyl groups excluding tert-OH is 1. The number of carbonyl (C=O) groups is 1. The summed E-state index contributed by atoms with van der Waals surface area (Å²) in [6.45, 7) is 7.84. The van der Waals surface area contributed by atoms with Crippen LogP contribution in [0.15, 0.2) is 42.7 Å². The molecule has 1 aliphatic rings. The van der Waals surface area contributed by atoms with Crippen LogP contribution in [0.1, 0.15) is 38.8 Å². The van der Waals surface area contributed by atoms with Gasteiger partial charge in [-0.05, 0) is 56.7 Å². The summed E-state index contributed by atoms with van der Waals surface area (Å²) in [4.78, 5) is 27.8. The van der Waals surface area contributed by atoms with Crippen LogP contribution < -0.4 is 15.0 Å². The molecule has 0 radical (unpaired) electrons. The van der Waals surface area contributed by atoms with E-state index in [2.05, 4.69) is 26.3 Å². The van der Waals surface area contributed by atoms with Gasteiger partial charge in [0.05, 0.1) is 43.9 Å². The maximum Gasteiger partial charge on any atom is 0.414 e. The third-order valence-electron chi connectivity index (χ3n) is 6.09. The molecule has 0 fully saturated rings. The van der Waals surface area contributed by atoms with E-state index in [0.29, 0.717) is 40.0 Å². The fourth-order valence-corrected chi connectivity index (χ4v) is 4.44. The summed E-state index contributed by atoms with van der Waals surface area (Å²) in [6, 6.07) is 11.2. The van der Waals surface area contributed by atoms with Gasteiger partial charge in [-0.15, -0.1) is 0 Å². The van der Waals surface area contributed by atoms with Gasteiger partial charge in [-0.3, -0.25) is 4.90 Å². The molecule has 11 nitrogen and oxygen atoms in total. The van der Waals surface area contributed by atoms with E-state index in [0.717, 1.165) is 5.56 Å². The molecule has 0 bridgehead atoms. The van der Waals surface area contributed by atoms with Crippen LogP contribution in [0, 0.1) is 11.3 Å². The molecule has 3 aromatic rings. The van der Waals surface area contributed by atoms with Gasteiger partial charge in [0.25, 0.3) is 0 Å². The molecule has 0 aliphatic carbocycles. The Hall–Kier alpha value is -4.27. The Morgan fingerprint density at radius 2 is 2.05 bits per heavy atom. The SMILES string of the molecule is COc1ncccc1Nc1nccc(-c2cc(C#N)c3c(c2)C(C)(COCCO)CN3C(=O)OC(C)(C)C)n1. The van der Waals surface area contributed by atoms with Crippen LogP contribution in [0.2, 0.25) is 0 Å². The molecule has 0 saturated carbocycles. The second kappa shape index (κ2) is 11.2. The van der Waals surface area contributed by atoms with Crippen molar-refractivity contribution in [1.82, 2.24) is 15.0 Å². The highest BCUT2D eigenvalue weighted by molar-refractivity contribution is 5.95. The van der Waals surface area contributed by atoms with Crippen LogP contribution in [0.3, 0.4) is 0 Å². The number of nitriles is 1. The lowest BCUT2D eigenvalue weighted by Gasteiger charge is -2.27. The largest absolute Gasteiger partial charge is 0.480 e. The summed E-state index contributed by atoms with van der Waals surface area (Å²) in [7, 11) is 1.53. The van der Waals surface area contributed by atoms with Crippen molar-refractivity contribution in [2.45, 2.75) is 38.7 Å². The summed E-state index contributed by atoms with van der Waals surface area (Å²) >= 11 is 0. The predicted octanol–water partition coefficient (Wildman–Crippen LogP) is 4.18. The van der Waals surface area contributed by atoms with Crippen molar-refractivity contribution in [1.29, 1.82) is 5.26 Å². The zero-order valence-corrected chi connectivity index (χ0v) is 22.7. The van der Waals surface area contributed by atoms with E-state index in [1.165, 1.54) is 12.0 Å². The van der Waals surface area contributed by atoms with Crippen LogP contribution in [0.5, 0.6) is 5.88 Å². The molecule has 1 aromatic carbocycles. The molecule has 1 unspecified atom stereocenters. The third kappa shape index (κ3) is 6.08. The molecular weight excluding hydrogens is 500 g/mol. The number of benzene rings is 1. The number of ether oxygens (including phenoxy) is 3. The van der Waals surface area contributed by atoms with Crippen LogP contribution >= 0.6 is 0 Å². The first-order chi connectivity index (χ1) is 18.6. The number of amides is 1. The highest BCUT2D eigenvalue weighted by Crippen LogP contribution is 2.45. The highest BCUT2D eigenvalue weighted by Gasteiger charge is 2.45. The van der Waals surface area contributed by atoms with E-state index in [4.69, 9.17) is 14.2 Å². The van der Waals surface area contributed by atoms with Crippen LogP contribution in [0.25, 0.3) is 11.3 Å². The predicted molar refractivity (Wildman–Crippen MR) is 145 cm³/mol. The molecule has 0 saturated heterocycles. The summed E-state index contributed by atoms with van der Waals surface area (Å²) in [6.07, 6.45) is 2.69. The molecule has 1 aliphatic heterocycles. The molecule has 4 rings (SSSR count). The fourth-order valence-electron chi connectivity index (χ4n) is 4.44. The van der Waals surface area contributed by atoms with Gasteiger partial charge >= 0.3 is 6.09 Å². The second-order valence-electron chi connectivity index (χ2n) is 10.4. The minimum absolute atomic E-state index is 0.124. The van der Waals surface area contributed by atoms with Gasteiger partial charge in [0, 0.05) is 29.9 Å². The highest BCUT2D eigenvalue weighted by atomic mass is 16.6. The molecule has 2 N–H and O–H groups in total. The number of hydrogen-bond donors (Lipinski definition) is 2. The molecular formula is C28H32N6O5. The number of carbonyl (C=O) groups excluding carboxylic acids is 1. The van der Waals surface area contributed by atoms with Crippen molar-refractivity contribution in [2.75, 3.05) is 43.7 Å². The lowest BCUT2D eigenvalue weighted by atomic mass is 9.83. The first kappa shape index (κ1) is 27.8. The summed E-state index contributed by atoms with van der Waals surface area (Å²) in [5, 5.41) is 22.5. The third-order valence-corrected chi connectivity index (χ3v) is 6.09. The monoisotopic (exact) mass is 532 g/mol. The normalized spacial score (nSPS) is 16.4. The molecule has 204 valence electrons. The average molecular weight is 533 g/mol. The van der Waals surface area contributed by atoms with Gasteiger partial charge in [-0.25, -0.2) is 19.7 Å². The standard InChI is InChI=1S/C28H32N6O5/c1-27(2,3)39-26(36)34-16-28(4,17-38-12-11-35)20-14-18(13-19(15-29)23(20)34)21-8-10-31-25(32-21)33-22-7-6-9-30-24(22)37-5/h6-10,13-14,35H,11-12,16-17H2,1-5H3,(H,31,32,33). The number of hydrogen-bond acceptors (Lipinski definition) is 10. The molecule has 3 heterocycles. The first-order valence-electron chi connectivity index (χ1n) is 12.5. The lowest BCUT2D eigenvalue weighted by molar-refractivity contribution is 0.0524. The Morgan fingerprint density at radius 1 is 1.26 bits per heavy atom. The summed E-state index contributed by atoms with van der Waals surface area (Å²) < 4.78 is 16.7. The average Bonchev–Trinajstić information content (AvgIpc) is 3.20.